The van der Waals surface area contributed by atoms with Gasteiger partial charge >= 0.3 is 12.3 Å². The molecule has 0 N–H and O–H groups in total. The van der Waals surface area contributed by atoms with Crippen LogP contribution in [0.3, 0.4) is 0 Å². The second kappa shape index (κ2) is 11.4. The van der Waals surface area contributed by atoms with Crippen molar-refractivity contribution < 1.29 is 33.3 Å². The highest BCUT2D eigenvalue weighted by Crippen LogP contribution is 2.09. The van der Waals surface area contributed by atoms with E-state index in [9.17, 15) is 9.59 Å². The number of hydrogen-bond acceptors (Lipinski definition) is 7. The standard InChI is InChI=1S/C18H30O7/c1-17(2,3)24-15(19)22-13-9-7-11-21-12-8-10-14-23-16(20)25-18(4,5)6/h7-8,11-12H,9-10,13-14H2,1-6H3. The summed E-state index contributed by atoms with van der Waals surface area (Å²) in [7, 11) is 0. The van der Waals surface area contributed by atoms with E-state index in [2.05, 4.69) is 0 Å². The van der Waals surface area contributed by atoms with Crippen LogP contribution in [0.1, 0.15) is 54.4 Å². The van der Waals surface area contributed by atoms with Crippen LogP contribution >= 0.6 is 0 Å². The molecule has 0 unspecified atom stereocenters. The maximum absolute atomic E-state index is 11.3. The smallest absolute Gasteiger partial charge is 0.473 e. The molecule has 0 heterocycles. The van der Waals surface area contributed by atoms with E-state index in [0.717, 1.165) is 0 Å². The SMILES string of the molecule is CC(C)(C)OC(=O)OCCC=COC=CCCOC(=O)OC(C)(C)C. The fraction of sp³-hybridized carbons (Fsp3) is 0.667. The quantitative estimate of drug-likeness (QED) is 0.353. The topological polar surface area (TPSA) is 80.3 Å². The van der Waals surface area contributed by atoms with Crippen molar-refractivity contribution in [2.24, 2.45) is 0 Å². The van der Waals surface area contributed by atoms with Gasteiger partial charge in [-0.1, -0.05) is 0 Å². The van der Waals surface area contributed by atoms with Crippen LogP contribution in [-0.4, -0.2) is 36.7 Å². The van der Waals surface area contributed by atoms with Crippen LogP contribution in [0.15, 0.2) is 24.7 Å². The van der Waals surface area contributed by atoms with Gasteiger partial charge in [0.2, 0.25) is 0 Å². The number of hydrogen-bond donors (Lipinski definition) is 0. The van der Waals surface area contributed by atoms with Gasteiger partial charge in [0.05, 0.1) is 25.7 Å². The molecule has 0 fully saturated rings. The Morgan fingerprint density at radius 3 is 1.40 bits per heavy atom. The molecule has 0 spiro atoms. The van der Waals surface area contributed by atoms with Crippen LogP contribution < -0.4 is 0 Å². The van der Waals surface area contributed by atoms with Crippen LogP contribution in [0.4, 0.5) is 9.59 Å². The molecular weight excluding hydrogens is 328 g/mol. The summed E-state index contributed by atoms with van der Waals surface area (Å²) in [6.45, 7) is 11.0. The van der Waals surface area contributed by atoms with Gasteiger partial charge in [0.15, 0.2) is 0 Å². The Morgan fingerprint density at radius 2 is 1.08 bits per heavy atom. The molecule has 0 bridgehead atoms. The monoisotopic (exact) mass is 358 g/mol. The zero-order valence-corrected chi connectivity index (χ0v) is 16.0. The molecule has 0 saturated carbocycles. The molecule has 0 aliphatic carbocycles. The molecule has 7 nitrogen and oxygen atoms in total. The first-order valence-corrected chi connectivity index (χ1v) is 8.16. The zero-order chi connectivity index (χ0) is 19.3. The van der Waals surface area contributed by atoms with Crippen LogP contribution in [0.5, 0.6) is 0 Å². The summed E-state index contributed by atoms with van der Waals surface area (Å²) in [4.78, 5) is 22.5. The first kappa shape index (κ1) is 22.8. The van der Waals surface area contributed by atoms with Gasteiger partial charge in [-0.05, 0) is 53.7 Å². The lowest BCUT2D eigenvalue weighted by atomic mass is 10.2. The molecule has 0 amide bonds. The molecule has 7 heteroatoms. The summed E-state index contributed by atoms with van der Waals surface area (Å²) >= 11 is 0. The van der Waals surface area contributed by atoms with Crippen molar-refractivity contribution in [2.45, 2.75) is 65.6 Å². The van der Waals surface area contributed by atoms with Crippen molar-refractivity contribution in [3.63, 3.8) is 0 Å². The lowest BCUT2D eigenvalue weighted by molar-refractivity contribution is -0.00764. The van der Waals surface area contributed by atoms with E-state index in [1.165, 1.54) is 12.5 Å². The molecule has 0 aromatic carbocycles. The summed E-state index contributed by atoms with van der Waals surface area (Å²) in [5.74, 6) is 0. The maximum atomic E-state index is 11.3. The van der Waals surface area contributed by atoms with Gasteiger partial charge in [0, 0.05) is 12.8 Å². The van der Waals surface area contributed by atoms with Crippen molar-refractivity contribution >= 4 is 12.3 Å². The minimum atomic E-state index is -0.688. The molecular formula is C18H30O7. The third kappa shape index (κ3) is 18.0. The third-order valence-corrected chi connectivity index (χ3v) is 2.14. The molecule has 0 aliphatic rings. The molecule has 0 radical (unpaired) electrons. The Hall–Kier alpha value is -2.18. The molecule has 0 aromatic heterocycles. The highest BCUT2D eigenvalue weighted by atomic mass is 16.7. The second-order valence-corrected chi connectivity index (χ2v) is 7.08. The Bertz CT molecular complexity index is 411. The normalized spacial score (nSPS) is 12.2. The van der Waals surface area contributed by atoms with Crippen molar-refractivity contribution in [2.75, 3.05) is 13.2 Å². The highest BCUT2D eigenvalue weighted by molar-refractivity contribution is 5.60. The van der Waals surface area contributed by atoms with Crippen LogP contribution in [-0.2, 0) is 23.7 Å². The number of carbonyl (C=O) groups is 2. The van der Waals surface area contributed by atoms with Crippen LogP contribution in [0, 0.1) is 0 Å². The van der Waals surface area contributed by atoms with Crippen molar-refractivity contribution in [3.8, 4) is 0 Å². The molecule has 0 aliphatic heterocycles. The third-order valence-electron chi connectivity index (χ3n) is 2.14. The summed E-state index contributed by atoms with van der Waals surface area (Å²) in [5.41, 5.74) is -1.12. The van der Waals surface area contributed by atoms with E-state index in [4.69, 9.17) is 23.7 Å². The summed E-state index contributed by atoms with van der Waals surface area (Å²) < 4.78 is 24.9. The van der Waals surface area contributed by atoms with Crippen LogP contribution in [0.2, 0.25) is 0 Å². The molecule has 0 saturated heterocycles. The van der Waals surface area contributed by atoms with E-state index in [1.807, 2.05) is 0 Å². The molecule has 0 aromatic rings. The van der Waals surface area contributed by atoms with E-state index in [-0.39, 0.29) is 13.2 Å². The first-order chi connectivity index (χ1) is 11.5. The Kier molecular flexibility index (Phi) is 10.4. The van der Waals surface area contributed by atoms with Crippen molar-refractivity contribution in [1.82, 2.24) is 0 Å². The van der Waals surface area contributed by atoms with Gasteiger partial charge in [0.25, 0.3) is 0 Å². The number of carbonyl (C=O) groups excluding carboxylic acids is 2. The molecule has 144 valence electrons. The summed E-state index contributed by atoms with van der Waals surface area (Å²) in [5, 5.41) is 0. The Balaban J connectivity index is 3.61. The average molecular weight is 358 g/mol. The zero-order valence-electron chi connectivity index (χ0n) is 16.0. The van der Waals surface area contributed by atoms with E-state index < -0.39 is 23.5 Å². The predicted molar refractivity (Wildman–Crippen MR) is 93.0 cm³/mol. The van der Waals surface area contributed by atoms with Gasteiger partial charge in [-0.2, -0.15) is 0 Å². The average Bonchev–Trinajstić information content (AvgIpc) is 2.40. The lowest BCUT2D eigenvalue weighted by Gasteiger charge is -2.18. The minimum absolute atomic E-state index is 0.211. The lowest BCUT2D eigenvalue weighted by Crippen LogP contribution is -2.24. The predicted octanol–water partition coefficient (Wildman–Crippen LogP) is 4.71. The Morgan fingerprint density at radius 1 is 0.720 bits per heavy atom. The fourth-order valence-electron chi connectivity index (χ4n) is 1.27. The summed E-state index contributed by atoms with van der Waals surface area (Å²) in [6, 6.07) is 0. The molecule has 0 rings (SSSR count). The first-order valence-electron chi connectivity index (χ1n) is 8.16. The largest absolute Gasteiger partial charge is 0.508 e. The van der Waals surface area contributed by atoms with Gasteiger partial charge in [-0.15, -0.1) is 0 Å². The van der Waals surface area contributed by atoms with Gasteiger partial charge in [-0.3, -0.25) is 0 Å². The summed E-state index contributed by atoms with van der Waals surface area (Å²) in [6.07, 6.45) is 6.02. The van der Waals surface area contributed by atoms with E-state index in [1.54, 1.807) is 53.7 Å². The van der Waals surface area contributed by atoms with Crippen LogP contribution in [0.25, 0.3) is 0 Å². The van der Waals surface area contributed by atoms with Gasteiger partial charge in [0.1, 0.15) is 11.2 Å². The molecule has 25 heavy (non-hydrogen) atoms. The van der Waals surface area contributed by atoms with Crippen molar-refractivity contribution in [1.29, 1.82) is 0 Å². The fourth-order valence-corrected chi connectivity index (χ4v) is 1.27. The van der Waals surface area contributed by atoms with Crippen molar-refractivity contribution in [3.05, 3.63) is 24.7 Å². The highest BCUT2D eigenvalue weighted by Gasteiger charge is 2.17. The minimum Gasteiger partial charge on any atom is -0.473 e. The van der Waals surface area contributed by atoms with E-state index >= 15 is 0 Å². The maximum Gasteiger partial charge on any atom is 0.508 e. The number of rotatable bonds is 8. The number of ether oxygens (including phenoxy) is 5. The second-order valence-electron chi connectivity index (χ2n) is 7.08. The Labute approximate surface area is 149 Å². The molecule has 0 atom stereocenters. The van der Waals surface area contributed by atoms with E-state index in [0.29, 0.717) is 12.8 Å². The van der Waals surface area contributed by atoms with Gasteiger partial charge in [-0.25, -0.2) is 9.59 Å². The van der Waals surface area contributed by atoms with Gasteiger partial charge < -0.3 is 23.7 Å².